The van der Waals surface area contributed by atoms with Crippen molar-refractivity contribution in [3.63, 3.8) is 0 Å². The number of benzene rings is 1. The molecule has 0 bridgehead atoms. The van der Waals surface area contributed by atoms with Gasteiger partial charge in [0, 0.05) is 19.7 Å². The van der Waals surface area contributed by atoms with E-state index in [9.17, 15) is 5.26 Å². The number of hydrogen-bond acceptors (Lipinski definition) is 4. The molecule has 0 amide bonds. The van der Waals surface area contributed by atoms with Crippen molar-refractivity contribution in [2.24, 2.45) is 0 Å². The number of pyridine rings is 1. The minimum absolute atomic E-state index is 0.113. The normalized spacial score (nSPS) is 20.9. The average Bonchev–Trinajstić information content (AvgIpc) is 3.46. The van der Waals surface area contributed by atoms with Crippen molar-refractivity contribution in [3.8, 4) is 6.07 Å². The lowest BCUT2D eigenvalue weighted by Crippen LogP contribution is -2.45. The van der Waals surface area contributed by atoms with Gasteiger partial charge < -0.3 is 9.64 Å². The summed E-state index contributed by atoms with van der Waals surface area (Å²) in [6, 6.07) is 10.8. The van der Waals surface area contributed by atoms with Crippen LogP contribution in [0, 0.1) is 11.3 Å². The van der Waals surface area contributed by atoms with Crippen molar-refractivity contribution < 1.29 is 4.74 Å². The largest absolute Gasteiger partial charge is 0.375 e. The standard InChI is InChI=1S/C23H24N4O/c24-15-18-16-5-3-6-17(16)22(26-12-10-23(11-13-26)9-4-14-28-23)27-20-8-2-1-7-19(20)25-21(18)27/h1-2,7-8H,3-6,9-14H2. The molecule has 0 radical (unpaired) electrons. The number of para-hydroxylation sites is 2. The van der Waals surface area contributed by atoms with E-state index in [0.717, 1.165) is 74.0 Å². The number of aromatic nitrogens is 2. The Kier molecular flexibility index (Phi) is 3.48. The van der Waals surface area contributed by atoms with E-state index in [1.54, 1.807) is 0 Å². The maximum absolute atomic E-state index is 9.93. The van der Waals surface area contributed by atoms with E-state index in [4.69, 9.17) is 9.72 Å². The molecule has 0 unspecified atom stereocenters. The highest BCUT2D eigenvalue weighted by Gasteiger charge is 2.40. The Balaban J connectivity index is 1.57. The van der Waals surface area contributed by atoms with E-state index >= 15 is 0 Å². The zero-order valence-corrected chi connectivity index (χ0v) is 16.1. The number of imidazole rings is 1. The molecule has 5 heteroatoms. The van der Waals surface area contributed by atoms with Crippen molar-refractivity contribution in [1.82, 2.24) is 9.38 Å². The Labute approximate surface area is 164 Å². The van der Waals surface area contributed by atoms with Gasteiger partial charge in [-0.3, -0.25) is 4.40 Å². The highest BCUT2D eigenvalue weighted by molar-refractivity contribution is 5.86. The number of hydrogen-bond donors (Lipinski definition) is 0. The first-order valence-corrected chi connectivity index (χ1v) is 10.5. The van der Waals surface area contributed by atoms with E-state index in [1.165, 1.54) is 29.8 Å². The molecule has 28 heavy (non-hydrogen) atoms. The van der Waals surface area contributed by atoms with Gasteiger partial charge in [-0.15, -0.1) is 0 Å². The number of nitriles is 1. The fourth-order valence-corrected chi connectivity index (χ4v) is 5.67. The van der Waals surface area contributed by atoms with Crippen LogP contribution in [0.4, 0.5) is 5.82 Å². The lowest BCUT2D eigenvalue weighted by molar-refractivity contribution is -0.0147. The minimum Gasteiger partial charge on any atom is -0.375 e. The molecule has 2 fully saturated rings. The van der Waals surface area contributed by atoms with Gasteiger partial charge in [0.2, 0.25) is 0 Å². The molecule has 2 aliphatic heterocycles. The Hall–Kier alpha value is -2.58. The third-order valence-electron chi connectivity index (χ3n) is 7.06. The summed E-state index contributed by atoms with van der Waals surface area (Å²) in [4.78, 5) is 7.42. The summed E-state index contributed by atoms with van der Waals surface area (Å²) in [6.45, 7) is 2.95. The summed E-state index contributed by atoms with van der Waals surface area (Å²) in [5, 5.41) is 9.93. The van der Waals surface area contributed by atoms with Gasteiger partial charge in [-0.25, -0.2) is 4.98 Å². The number of anilines is 1. The molecular weight excluding hydrogens is 348 g/mol. The minimum atomic E-state index is 0.113. The lowest BCUT2D eigenvalue weighted by atomic mass is 9.88. The van der Waals surface area contributed by atoms with E-state index in [-0.39, 0.29) is 5.60 Å². The predicted octanol–water partition coefficient (Wildman–Crippen LogP) is 4.00. The molecule has 0 atom stereocenters. The van der Waals surface area contributed by atoms with Crippen LogP contribution in [0.15, 0.2) is 24.3 Å². The number of fused-ring (bicyclic) bond motifs is 4. The molecule has 0 N–H and O–H groups in total. The van der Waals surface area contributed by atoms with Gasteiger partial charge >= 0.3 is 0 Å². The first-order valence-electron chi connectivity index (χ1n) is 10.5. The molecule has 4 heterocycles. The summed E-state index contributed by atoms with van der Waals surface area (Å²) < 4.78 is 8.42. The predicted molar refractivity (Wildman–Crippen MR) is 109 cm³/mol. The first kappa shape index (κ1) is 16.4. The monoisotopic (exact) mass is 372 g/mol. The topological polar surface area (TPSA) is 53.6 Å². The van der Waals surface area contributed by atoms with Crippen LogP contribution >= 0.6 is 0 Å². The Morgan fingerprint density at radius 2 is 1.86 bits per heavy atom. The van der Waals surface area contributed by atoms with Crippen LogP contribution in [-0.2, 0) is 17.6 Å². The van der Waals surface area contributed by atoms with Crippen LogP contribution in [0.2, 0.25) is 0 Å². The van der Waals surface area contributed by atoms with Crippen LogP contribution in [0.5, 0.6) is 0 Å². The molecule has 142 valence electrons. The lowest BCUT2D eigenvalue weighted by Gasteiger charge is -2.40. The van der Waals surface area contributed by atoms with Gasteiger partial charge in [0.05, 0.1) is 22.2 Å². The Bertz CT molecular complexity index is 1120. The highest BCUT2D eigenvalue weighted by atomic mass is 16.5. The van der Waals surface area contributed by atoms with Crippen molar-refractivity contribution >= 4 is 22.5 Å². The zero-order valence-electron chi connectivity index (χ0n) is 16.1. The second-order valence-electron chi connectivity index (χ2n) is 8.50. The van der Waals surface area contributed by atoms with E-state index < -0.39 is 0 Å². The highest BCUT2D eigenvalue weighted by Crippen LogP contribution is 2.42. The number of nitrogens with zero attached hydrogens (tertiary/aromatic N) is 4. The third-order valence-corrected chi connectivity index (χ3v) is 7.06. The second-order valence-corrected chi connectivity index (χ2v) is 8.50. The van der Waals surface area contributed by atoms with Gasteiger partial charge in [0.25, 0.3) is 0 Å². The first-order chi connectivity index (χ1) is 13.8. The fourth-order valence-electron chi connectivity index (χ4n) is 5.67. The third kappa shape index (κ3) is 2.18. The maximum Gasteiger partial charge on any atom is 0.157 e. The van der Waals surface area contributed by atoms with Crippen LogP contribution in [0.3, 0.4) is 0 Å². The Morgan fingerprint density at radius 3 is 2.64 bits per heavy atom. The summed E-state index contributed by atoms with van der Waals surface area (Å²) in [6.07, 6.45) is 7.76. The Morgan fingerprint density at radius 1 is 1.04 bits per heavy atom. The summed E-state index contributed by atoms with van der Waals surface area (Å²) >= 11 is 0. The van der Waals surface area contributed by atoms with Gasteiger partial charge in [-0.2, -0.15) is 5.26 Å². The SMILES string of the molecule is N#Cc1c2c(c(N3CCC4(CCCO4)CC3)n3c1nc1ccccc13)CCC2. The molecule has 3 aliphatic rings. The van der Waals surface area contributed by atoms with Crippen molar-refractivity contribution in [2.45, 2.75) is 50.5 Å². The van der Waals surface area contributed by atoms with Gasteiger partial charge in [0.15, 0.2) is 5.65 Å². The van der Waals surface area contributed by atoms with Gasteiger partial charge in [-0.05, 0) is 68.2 Å². The summed E-state index contributed by atoms with van der Waals surface area (Å²) in [7, 11) is 0. The molecule has 1 aromatic carbocycles. The number of piperidine rings is 1. The fraction of sp³-hybridized carbons (Fsp3) is 0.478. The molecule has 6 rings (SSSR count). The summed E-state index contributed by atoms with van der Waals surface area (Å²) in [5.74, 6) is 1.28. The second kappa shape index (κ2) is 5.96. The quantitative estimate of drug-likeness (QED) is 0.648. The molecule has 1 aliphatic carbocycles. The zero-order chi connectivity index (χ0) is 18.7. The van der Waals surface area contributed by atoms with Gasteiger partial charge in [-0.1, -0.05) is 12.1 Å². The number of ether oxygens (including phenoxy) is 1. The van der Waals surface area contributed by atoms with Crippen LogP contribution in [-0.4, -0.2) is 34.7 Å². The molecule has 3 aromatic rings. The van der Waals surface area contributed by atoms with Crippen molar-refractivity contribution in [3.05, 3.63) is 41.0 Å². The van der Waals surface area contributed by atoms with Crippen molar-refractivity contribution in [2.75, 3.05) is 24.6 Å². The molecule has 5 nitrogen and oxygen atoms in total. The number of rotatable bonds is 1. The maximum atomic E-state index is 9.93. The molecule has 0 saturated carbocycles. The molecular formula is C23H24N4O. The van der Waals surface area contributed by atoms with Crippen molar-refractivity contribution in [1.29, 1.82) is 5.26 Å². The van der Waals surface area contributed by atoms with Crippen LogP contribution < -0.4 is 4.90 Å². The van der Waals surface area contributed by atoms with E-state index in [1.807, 2.05) is 6.07 Å². The van der Waals surface area contributed by atoms with Crippen LogP contribution in [0.1, 0.15) is 48.8 Å². The molecule has 2 aromatic heterocycles. The smallest absolute Gasteiger partial charge is 0.157 e. The molecule has 2 saturated heterocycles. The molecule has 1 spiro atoms. The van der Waals surface area contributed by atoms with Crippen LogP contribution in [0.25, 0.3) is 16.7 Å². The van der Waals surface area contributed by atoms with Gasteiger partial charge in [0.1, 0.15) is 11.9 Å². The van der Waals surface area contributed by atoms with E-state index in [0.29, 0.717) is 0 Å². The summed E-state index contributed by atoms with van der Waals surface area (Å²) in [5.41, 5.74) is 6.40. The van der Waals surface area contributed by atoms with E-state index in [2.05, 4.69) is 33.6 Å². The average molecular weight is 372 g/mol.